The molecular weight excluding hydrogens is 476 g/mol. The summed E-state index contributed by atoms with van der Waals surface area (Å²) in [5, 5.41) is 11.8. The first-order chi connectivity index (χ1) is 9.38. The summed E-state index contributed by atoms with van der Waals surface area (Å²) in [7, 11) is 1.94. The molecule has 0 aliphatic carbocycles. The van der Waals surface area contributed by atoms with Gasteiger partial charge in [0.15, 0.2) is 0 Å². The predicted molar refractivity (Wildman–Crippen MR) is 77.9 cm³/mol. The molecule has 0 aromatic heterocycles. The Kier molecular flexibility index (Phi) is 11.7. The van der Waals surface area contributed by atoms with Crippen LogP contribution in [0.15, 0.2) is 24.3 Å². The summed E-state index contributed by atoms with van der Waals surface area (Å²) in [6.45, 7) is 6.31. The van der Waals surface area contributed by atoms with E-state index in [0.29, 0.717) is 24.8 Å². The summed E-state index contributed by atoms with van der Waals surface area (Å²) in [6.07, 6.45) is -0.330. The van der Waals surface area contributed by atoms with Crippen LogP contribution < -0.4 is 9.84 Å². The summed E-state index contributed by atoms with van der Waals surface area (Å²) in [5.41, 5.74) is 0.961. The summed E-state index contributed by atoms with van der Waals surface area (Å²) < 4.78 is 5.48. The molecular formula is C16H24NO3Rn-. The Bertz CT molecular complexity index is 420. The van der Waals surface area contributed by atoms with Crippen LogP contribution in [0, 0.1) is 71.9 Å². The van der Waals surface area contributed by atoms with Crippen LogP contribution in [0.1, 0.15) is 26.3 Å². The largest absolute Gasteiger partial charge is 0.849 e. The molecule has 1 aromatic carbocycles. The van der Waals surface area contributed by atoms with Gasteiger partial charge in [-0.25, -0.2) is 0 Å². The fourth-order valence-corrected chi connectivity index (χ4v) is 1.76. The predicted octanol–water partition coefficient (Wildman–Crippen LogP) is 1.27. The van der Waals surface area contributed by atoms with Crippen LogP contribution >= 0.6 is 0 Å². The number of nitrogens with zero attached hydrogens (tertiary/aromatic N) is 1. The number of Topliss-reactive ketones (excluding diaryl/α,β-unsaturated/α-hetero) is 1. The van der Waals surface area contributed by atoms with Crippen molar-refractivity contribution in [1.82, 2.24) is 4.90 Å². The minimum absolute atomic E-state index is 0. The van der Waals surface area contributed by atoms with Crippen LogP contribution in [0.25, 0.3) is 0 Å². The second-order valence-corrected chi connectivity index (χ2v) is 5.49. The van der Waals surface area contributed by atoms with E-state index < -0.39 is 6.10 Å². The zero-order valence-corrected chi connectivity index (χ0v) is 15.9. The number of carbonyl (C=O) groups is 1. The van der Waals surface area contributed by atoms with E-state index >= 15 is 0 Å². The van der Waals surface area contributed by atoms with E-state index in [0.717, 1.165) is 5.56 Å². The van der Waals surface area contributed by atoms with Crippen LogP contribution in [0.5, 0.6) is 5.75 Å². The molecule has 0 aliphatic heterocycles. The second-order valence-electron chi connectivity index (χ2n) is 5.49. The first-order valence-corrected chi connectivity index (χ1v) is 6.95. The summed E-state index contributed by atoms with van der Waals surface area (Å²) in [4.78, 5) is 13.0. The van der Waals surface area contributed by atoms with E-state index in [-0.39, 0.29) is 84.3 Å². The molecule has 0 saturated carbocycles. The number of ketones is 1. The van der Waals surface area contributed by atoms with Gasteiger partial charge in [-0.1, -0.05) is 18.2 Å². The Balaban J connectivity index is 0.00000400. The van der Waals surface area contributed by atoms with Gasteiger partial charge in [0, 0.05) is 84.3 Å². The van der Waals surface area contributed by atoms with Crippen molar-refractivity contribution in [2.24, 2.45) is 0 Å². The van der Waals surface area contributed by atoms with Crippen LogP contribution in [0.2, 0.25) is 0 Å². The van der Waals surface area contributed by atoms with E-state index in [4.69, 9.17) is 4.74 Å². The van der Waals surface area contributed by atoms with Crippen LogP contribution in [-0.4, -0.2) is 43.0 Å². The third-order valence-electron chi connectivity index (χ3n) is 3.19. The molecule has 1 atom stereocenters. The molecule has 0 heterocycles. The molecule has 0 aliphatic rings. The molecule has 120 valence electrons. The van der Waals surface area contributed by atoms with Gasteiger partial charge in [0.1, 0.15) is 11.5 Å². The maximum atomic E-state index is 11.8. The first kappa shape index (κ1) is 21.7. The third-order valence-corrected chi connectivity index (χ3v) is 3.19. The Labute approximate surface area is 189 Å². The SMILES string of the molecule is CC(=O)Cc1ccc(OCC([O-])CN(C)C(C)C)cc1.[Rn]. The average molecular weight is 500 g/mol. The van der Waals surface area contributed by atoms with Crippen molar-refractivity contribution in [3.63, 3.8) is 0 Å². The first-order valence-electron chi connectivity index (χ1n) is 6.95. The van der Waals surface area contributed by atoms with Crippen LogP contribution in [-0.2, 0) is 11.2 Å². The Morgan fingerprint density at radius 2 is 1.86 bits per heavy atom. The van der Waals surface area contributed by atoms with E-state index in [1.165, 1.54) is 0 Å². The Morgan fingerprint density at radius 3 is 2.33 bits per heavy atom. The molecule has 0 radical (unpaired) electrons. The molecule has 1 rings (SSSR count). The number of hydrogen-bond donors (Lipinski definition) is 0. The van der Waals surface area contributed by atoms with Crippen LogP contribution in [0.3, 0.4) is 0 Å². The summed E-state index contributed by atoms with van der Waals surface area (Å²) >= 11 is 0. The maximum absolute atomic E-state index is 11.8. The number of hydrogen-bond acceptors (Lipinski definition) is 4. The van der Waals surface area contributed by atoms with Gasteiger partial charge in [0.2, 0.25) is 0 Å². The minimum atomic E-state index is -0.765. The number of likely N-dealkylation sites (N-methyl/N-ethyl adjacent to an activating group) is 1. The molecule has 0 saturated heterocycles. The monoisotopic (exact) mass is 500 g/mol. The molecule has 1 unspecified atom stereocenters. The topological polar surface area (TPSA) is 52.6 Å². The third kappa shape index (κ3) is 9.46. The molecule has 0 spiro atoms. The molecule has 4 nitrogen and oxygen atoms in total. The Hall–Kier alpha value is 0.727. The molecule has 0 bridgehead atoms. The van der Waals surface area contributed by atoms with E-state index in [1.54, 1.807) is 19.1 Å². The van der Waals surface area contributed by atoms with Crippen LogP contribution in [0.4, 0.5) is 0 Å². The van der Waals surface area contributed by atoms with Gasteiger partial charge < -0.3 is 14.7 Å². The van der Waals surface area contributed by atoms with Gasteiger partial charge in [-0.15, -0.1) is 0 Å². The van der Waals surface area contributed by atoms with Crippen molar-refractivity contribution in [2.45, 2.75) is 39.3 Å². The molecule has 1 aromatic rings. The van der Waals surface area contributed by atoms with Gasteiger partial charge in [-0.2, -0.15) is 0 Å². The van der Waals surface area contributed by atoms with Gasteiger partial charge in [-0.05, 0) is 52.1 Å². The second kappa shape index (κ2) is 11.3. The zero-order valence-electron chi connectivity index (χ0n) is 13.1. The van der Waals surface area contributed by atoms with Crippen molar-refractivity contribution in [3.8, 4) is 5.75 Å². The molecule has 0 amide bonds. The minimum Gasteiger partial charge on any atom is -0.849 e. The van der Waals surface area contributed by atoms with Gasteiger partial charge in [0.25, 0.3) is 0 Å². The molecule has 21 heavy (non-hydrogen) atoms. The van der Waals surface area contributed by atoms with Crippen molar-refractivity contribution in [3.05, 3.63) is 29.8 Å². The van der Waals surface area contributed by atoms with Gasteiger partial charge in [0.05, 0.1) is 6.61 Å². The van der Waals surface area contributed by atoms with Gasteiger partial charge >= 0.3 is 0 Å². The van der Waals surface area contributed by atoms with Crippen molar-refractivity contribution < 1.29 is 86.5 Å². The summed E-state index contributed by atoms with van der Waals surface area (Å²) in [5.74, 6) is 0.806. The number of rotatable bonds is 8. The van der Waals surface area contributed by atoms with E-state index in [9.17, 15) is 9.90 Å². The average Bonchev–Trinajstić information content (AvgIpc) is 2.37. The normalized spacial score (nSPS) is 12.1. The van der Waals surface area contributed by atoms with Crippen molar-refractivity contribution >= 4 is 5.78 Å². The van der Waals surface area contributed by atoms with Crippen molar-refractivity contribution in [2.75, 3.05) is 20.2 Å². The number of ether oxygens (including phenoxy) is 1. The Morgan fingerprint density at radius 1 is 1.29 bits per heavy atom. The van der Waals surface area contributed by atoms with Crippen molar-refractivity contribution in [1.29, 1.82) is 0 Å². The fraction of sp³-hybridized carbons (Fsp3) is 0.562. The zero-order chi connectivity index (χ0) is 15.1. The number of benzene rings is 1. The summed E-state index contributed by atoms with van der Waals surface area (Å²) in [6, 6.07) is 7.68. The van der Waals surface area contributed by atoms with E-state index in [2.05, 4.69) is 13.8 Å². The smallest absolute Gasteiger partial charge is 0.134 e. The molecule has 5 heteroatoms. The fourth-order valence-electron chi connectivity index (χ4n) is 1.76. The standard InChI is InChI=1S/C16H24NO3.Rn/c1-12(2)17(4)10-15(19)11-20-16-7-5-14(6-8-16)9-13(3)18;/h5-8,12,15H,9-11H2,1-4H3;/q-1;. The quantitative estimate of drug-likeness (QED) is 0.540. The van der Waals surface area contributed by atoms with E-state index in [1.807, 2.05) is 24.1 Å². The maximum Gasteiger partial charge on any atom is 0.134 e. The molecule has 0 N–H and O–H groups in total. The molecule has 0 fully saturated rings. The number of carbonyl (C=O) groups excluding carboxylic acids is 1. The van der Waals surface area contributed by atoms with Gasteiger partial charge in [-0.3, -0.25) is 4.79 Å².